The summed E-state index contributed by atoms with van der Waals surface area (Å²) in [5.41, 5.74) is 1.37. The highest BCUT2D eigenvalue weighted by Gasteiger charge is 2.30. The van der Waals surface area contributed by atoms with Crippen LogP contribution in [0.15, 0.2) is 24.5 Å². The van der Waals surface area contributed by atoms with E-state index in [4.69, 9.17) is 4.74 Å². The van der Waals surface area contributed by atoms with Gasteiger partial charge in [-0.1, -0.05) is 0 Å². The second kappa shape index (κ2) is 6.86. The molecule has 0 bridgehead atoms. The van der Waals surface area contributed by atoms with E-state index in [1.807, 2.05) is 12.4 Å². The van der Waals surface area contributed by atoms with Crippen LogP contribution in [0, 0.1) is 0 Å². The summed E-state index contributed by atoms with van der Waals surface area (Å²) in [6.45, 7) is 10.0. The van der Waals surface area contributed by atoms with Crippen molar-refractivity contribution in [2.24, 2.45) is 0 Å². The summed E-state index contributed by atoms with van der Waals surface area (Å²) in [5.74, 6) is 0. The maximum absolute atomic E-state index is 5.85. The molecule has 4 nitrogen and oxygen atoms in total. The summed E-state index contributed by atoms with van der Waals surface area (Å²) in [5, 5.41) is 0. The summed E-state index contributed by atoms with van der Waals surface area (Å²) >= 11 is 0. The first-order valence-corrected chi connectivity index (χ1v) is 8.21. The number of rotatable bonds is 3. The van der Waals surface area contributed by atoms with E-state index in [2.05, 4.69) is 40.8 Å². The topological polar surface area (TPSA) is 28.6 Å². The van der Waals surface area contributed by atoms with E-state index in [0.29, 0.717) is 12.2 Å². The van der Waals surface area contributed by atoms with E-state index in [1.165, 1.54) is 31.5 Å². The van der Waals surface area contributed by atoms with Crippen LogP contribution < -0.4 is 0 Å². The van der Waals surface area contributed by atoms with E-state index >= 15 is 0 Å². The number of aromatic nitrogens is 1. The molecule has 21 heavy (non-hydrogen) atoms. The Morgan fingerprint density at radius 1 is 1.10 bits per heavy atom. The lowest BCUT2D eigenvalue weighted by Gasteiger charge is -2.43. The lowest BCUT2D eigenvalue weighted by atomic mass is 10.0. The molecule has 1 aromatic rings. The maximum Gasteiger partial charge on any atom is 0.0678 e. The van der Waals surface area contributed by atoms with E-state index in [-0.39, 0.29) is 0 Å². The van der Waals surface area contributed by atoms with E-state index in [1.54, 1.807) is 0 Å². The largest absolute Gasteiger partial charge is 0.373 e. The molecule has 3 heterocycles. The molecular weight excluding hydrogens is 262 g/mol. The zero-order chi connectivity index (χ0) is 14.7. The molecule has 2 fully saturated rings. The van der Waals surface area contributed by atoms with Crippen LogP contribution in [0.1, 0.15) is 32.3 Å². The van der Waals surface area contributed by atoms with Crippen LogP contribution in [-0.2, 0) is 11.3 Å². The van der Waals surface area contributed by atoms with Crippen molar-refractivity contribution < 1.29 is 4.74 Å². The number of morpholine rings is 1. The number of nitrogens with zero attached hydrogens (tertiary/aromatic N) is 3. The fourth-order valence-electron chi connectivity index (χ4n) is 3.70. The van der Waals surface area contributed by atoms with Crippen LogP contribution in [-0.4, -0.2) is 59.2 Å². The third-order valence-electron chi connectivity index (χ3n) is 4.68. The summed E-state index contributed by atoms with van der Waals surface area (Å²) < 4.78 is 5.85. The lowest BCUT2D eigenvalue weighted by molar-refractivity contribution is -0.0865. The van der Waals surface area contributed by atoms with E-state index in [9.17, 15) is 0 Å². The third-order valence-corrected chi connectivity index (χ3v) is 4.68. The van der Waals surface area contributed by atoms with Crippen molar-refractivity contribution in [1.29, 1.82) is 0 Å². The fraction of sp³-hybridized carbons (Fsp3) is 0.706. The monoisotopic (exact) mass is 289 g/mol. The highest BCUT2D eigenvalue weighted by Crippen LogP contribution is 2.22. The number of piperidine rings is 1. The summed E-state index contributed by atoms with van der Waals surface area (Å²) in [7, 11) is 0. The normalized spacial score (nSPS) is 29.6. The molecule has 2 aliphatic heterocycles. The average Bonchev–Trinajstić information content (AvgIpc) is 2.48. The van der Waals surface area contributed by atoms with Gasteiger partial charge in [0.05, 0.1) is 12.2 Å². The van der Waals surface area contributed by atoms with Gasteiger partial charge in [0.15, 0.2) is 0 Å². The first-order chi connectivity index (χ1) is 10.2. The van der Waals surface area contributed by atoms with Gasteiger partial charge in [0.1, 0.15) is 0 Å². The number of hydrogen-bond donors (Lipinski definition) is 0. The SMILES string of the molecule is C[C@@H]1CN(C2CCN(Cc3ccncc3)CC2)C[C@@H](C)O1. The molecule has 2 saturated heterocycles. The summed E-state index contributed by atoms with van der Waals surface area (Å²) in [6, 6.07) is 4.99. The van der Waals surface area contributed by atoms with Crippen molar-refractivity contribution in [3.63, 3.8) is 0 Å². The molecule has 3 rings (SSSR count). The molecule has 2 atom stereocenters. The molecule has 4 heteroatoms. The molecule has 0 aliphatic carbocycles. The van der Waals surface area contributed by atoms with Gasteiger partial charge in [0.2, 0.25) is 0 Å². The van der Waals surface area contributed by atoms with Crippen molar-refractivity contribution in [2.45, 2.75) is 51.5 Å². The fourth-order valence-corrected chi connectivity index (χ4v) is 3.70. The minimum atomic E-state index is 0.378. The zero-order valence-corrected chi connectivity index (χ0v) is 13.2. The summed E-state index contributed by atoms with van der Waals surface area (Å²) in [4.78, 5) is 9.31. The van der Waals surface area contributed by atoms with E-state index < -0.39 is 0 Å². The Morgan fingerprint density at radius 3 is 2.33 bits per heavy atom. The van der Waals surface area contributed by atoms with Gasteiger partial charge in [-0.2, -0.15) is 0 Å². The van der Waals surface area contributed by atoms with Gasteiger partial charge in [-0.15, -0.1) is 0 Å². The van der Waals surface area contributed by atoms with Crippen LogP contribution in [0.3, 0.4) is 0 Å². The smallest absolute Gasteiger partial charge is 0.0678 e. The summed E-state index contributed by atoms with van der Waals surface area (Å²) in [6.07, 6.45) is 7.10. The molecule has 0 spiro atoms. The number of likely N-dealkylation sites (tertiary alicyclic amines) is 1. The maximum atomic E-state index is 5.85. The second-order valence-electron chi connectivity index (χ2n) is 6.57. The minimum Gasteiger partial charge on any atom is -0.373 e. The molecule has 0 aromatic carbocycles. The number of hydrogen-bond acceptors (Lipinski definition) is 4. The third kappa shape index (κ3) is 4.02. The Balaban J connectivity index is 1.48. The lowest BCUT2D eigenvalue weighted by Crippen LogP contribution is -2.53. The molecular formula is C17H27N3O. The highest BCUT2D eigenvalue weighted by atomic mass is 16.5. The van der Waals surface area contributed by atoms with Crippen LogP contribution in [0.4, 0.5) is 0 Å². The molecule has 0 N–H and O–H groups in total. The van der Waals surface area contributed by atoms with Crippen LogP contribution >= 0.6 is 0 Å². The van der Waals surface area contributed by atoms with Gasteiger partial charge in [0.25, 0.3) is 0 Å². The Bertz CT molecular complexity index is 421. The van der Waals surface area contributed by atoms with Crippen LogP contribution in [0.5, 0.6) is 0 Å². The highest BCUT2D eigenvalue weighted by molar-refractivity contribution is 5.09. The first kappa shape index (κ1) is 14.9. The molecule has 0 amide bonds. The van der Waals surface area contributed by atoms with Gasteiger partial charge >= 0.3 is 0 Å². The second-order valence-corrected chi connectivity index (χ2v) is 6.57. The quantitative estimate of drug-likeness (QED) is 0.852. The number of ether oxygens (including phenoxy) is 1. The van der Waals surface area contributed by atoms with Gasteiger partial charge in [-0.3, -0.25) is 14.8 Å². The number of pyridine rings is 1. The Labute approximate surface area is 128 Å². The predicted octanol–water partition coefficient (Wildman–Crippen LogP) is 2.16. The Kier molecular flexibility index (Phi) is 4.88. The van der Waals surface area contributed by atoms with Crippen LogP contribution in [0.2, 0.25) is 0 Å². The molecule has 0 unspecified atom stereocenters. The first-order valence-electron chi connectivity index (χ1n) is 8.21. The Morgan fingerprint density at radius 2 is 1.71 bits per heavy atom. The van der Waals surface area contributed by atoms with Crippen molar-refractivity contribution in [3.05, 3.63) is 30.1 Å². The zero-order valence-electron chi connectivity index (χ0n) is 13.2. The van der Waals surface area contributed by atoms with Crippen LogP contribution in [0.25, 0.3) is 0 Å². The van der Waals surface area contributed by atoms with Crippen molar-refractivity contribution in [1.82, 2.24) is 14.8 Å². The minimum absolute atomic E-state index is 0.378. The average molecular weight is 289 g/mol. The van der Waals surface area contributed by atoms with Crippen molar-refractivity contribution in [2.75, 3.05) is 26.2 Å². The molecule has 0 radical (unpaired) electrons. The standard InChI is InChI=1S/C17H27N3O/c1-14-11-20(12-15(2)21-14)17-5-9-19(10-6-17)13-16-3-7-18-8-4-16/h3-4,7-8,14-15,17H,5-6,9-13H2,1-2H3/t14-,15-/m1/s1. The molecule has 0 saturated carbocycles. The molecule has 2 aliphatic rings. The van der Waals surface area contributed by atoms with Gasteiger partial charge in [-0.05, 0) is 57.5 Å². The van der Waals surface area contributed by atoms with Crippen molar-refractivity contribution >= 4 is 0 Å². The van der Waals surface area contributed by atoms with Gasteiger partial charge in [0, 0.05) is 38.1 Å². The molecule has 1 aromatic heterocycles. The molecule has 116 valence electrons. The van der Waals surface area contributed by atoms with Gasteiger partial charge < -0.3 is 4.74 Å². The van der Waals surface area contributed by atoms with Gasteiger partial charge in [-0.25, -0.2) is 0 Å². The Hall–Kier alpha value is -0.970. The predicted molar refractivity (Wildman–Crippen MR) is 84.1 cm³/mol. The van der Waals surface area contributed by atoms with Crippen molar-refractivity contribution in [3.8, 4) is 0 Å². The van der Waals surface area contributed by atoms with E-state index in [0.717, 1.165) is 25.7 Å².